The van der Waals surface area contributed by atoms with Gasteiger partial charge in [0.1, 0.15) is 0 Å². The van der Waals surface area contributed by atoms with Gasteiger partial charge in [0.2, 0.25) is 0 Å². The molecule has 0 bridgehead atoms. The van der Waals surface area contributed by atoms with Gasteiger partial charge in [-0.1, -0.05) is 0 Å². The summed E-state index contributed by atoms with van der Waals surface area (Å²) in [6.45, 7) is 0. The van der Waals surface area contributed by atoms with Crippen molar-refractivity contribution in [3.63, 3.8) is 0 Å². The van der Waals surface area contributed by atoms with Gasteiger partial charge in [0.05, 0.1) is 0 Å². The number of hydrogen-bond donors (Lipinski definition) is 1. The van der Waals surface area contributed by atoms with Gasteiger partial charge in [-0.25, -0.2) is 0 Å². The van der Waals surface area contributed by atoms with E-state index in [-0.39, 0.29) is 89.2 Å². The first-order valence-corrected chi connectivity index (χ1v) is 0.565. The molecule has 0 aliphatic heterocycles. The van der Waals surface area contributed by atoms with Crippen molar-refractivity contribution in [3.05, 3.63) is 10.1 Å². The van der Waals surface area contributed by atoms with Crippen molar-refractivity contribution >= 4 is 0 Å². The number of nitrogens with zero attached hydrogens (tertiary/aromatic N) is 1. The molecule has 0 spiro atoms. The summed E-state index contributed by atoms with van der Waals surface area (Å²) in [7, 11) is 0. The second-order valence-electron chi connectivity index (χ2n) is 0.238. The molecule has 0 rings (SSSR count). The Labute approximate surface area is 109 Å². The van der Waals surface area contributed by atoms with Crippen LogP contribution >= 0.6 is 0 Å². The Kier molecular flexibility index (Phi) is 3410. The molecule has 0 unspecified atom stereocenters. The first-order valence-electron chi connectivity index (χ1n) is 0.565. The normalized spacial score (nSPS) is 1.71. The quantitative estimate of drug-likeness (QED) is 0.274. The van der Waals surface area contributed by atoms with Gasteiger partial charge in [-0.15, -0.1) is 10.1 Å². The average Bonchev–Trinajstić information content (AvgIpc) is 0.811. The van der Waals surface area contributed by atoms with Crippen molar-refractivity contribution in [2.24, 2.45) is 0 Å². The Balaban J connectivity index is -0.000000001000. The fourth-order valence-electron chi connectivity index (χ4n) is 0. The van der Waals surface area contributed by atoms with Crippen molar-refractivity contribution < 1.29 is 99.5 Å². The van der Waals surface area contributed by atoms with E-state index in [0.717, 1.165) is 0 Å². The minimum atomic E-state index is -1.50. The van der Waals surface area contributed by atoms with Gasteiger partial charge in [0.15, 0.2) is 0 Å². The molecule has 19 N–H and O–H groups in total. The molecule has 0 radical (unpaired) electrons. The molecule has 100 valence electrons. The van der Waals surface area contributed by atoms with Gasteiger partial charge in [0.25, 0.3) is 5.09 Å². The molecular weight excluding hydrogens is 438 g/mol. The molecule has 0 aliphatic carbocycles. The zero-order valence-electron chi connectivity index (χ0n) is 6.71. The number of hydrogen-bond acceptors (Lipinski definition) is 2. The van der Waals surface area contributed by atoms with Crippen LogP contribution in [0.1, 0.15) is 0 Å². The molecule has 0 saturated carbocycles. The molecule has 0 aromatic rings. The molecule has 14 heteroatoms. The Morgan fingerprint density at radius 1 is 0.714 bits per heavy atom. The fraction of sp³-hybridized carbons (Fsp3) is 0. The van der Waals surface area contributed by atoms with Gasteiger partial charge in [-0.2, -0.15) is 0 Å². The third-order valence-corrected chi connectivity index (χ3v) is 0. The van der Waals surface area contributed by atoms with Crippen molar-refractivity contribution in [3.8, 4) is 0 Å². The third kappa shape index (κ3) is 55900. The van der Waals surface area contributed by atoms with Crippen molar-refractivity contribution in [2.75, 3.05) is 0 Å². The van der Waals surface area contributed by atoms with Gasteiger partial charge < -0.3 is 54.5 Å². The predicted octanol–water partition coefficient (Wildman–Crippen LogP) is -7.77. The van der Waals surface area contributed by atoms with E-state index in [9.17, 15) is 0 Å². The van der Waals surface area contributed by atoms with Crippen LogP contribution in [0, 0.1) is 50.1 Å². The van der Waals surface area contributed by atoms with Crippen LogP contribution in [-0.4, -0.2) is 59.6 Å². The molecular formula is H19NO12Th. The molecule has 0 aliphatic rings. The van der Waals surface area contributed by atoms with Gasteiger partial charge >= 0.3 is 0 Å². The van der Waals surface area contributed by atoms with Crippen LogP contribution in [0.15, 0.2) is 0 Å². The largest absolute Gasteiger partial charge is 0.412 e. The average molecular weight is 457 g/mol. The van der Waals surface area contributed by atoms with E-state index in [0.29, 0.717) is 0 Å². The molecule has 0 heterocycles. The summed E-state index contributed by atoms with van der Waals surface area (Å²) < 4.78 is 0. The topological polar surface area (TPSA) is 347 Å². The van der Waals surface area contributed by atoms with Crippen molar-refractivity contribution in [1.82, 2.24) is 0 Å². The zero-order chi connectivity index (χ0) is 3.58. The first-order chi connectivity index (χ1) is 1.73. The van der Waals surface area contributed by atoms with Crippen LogP contribution in [0.25, 0.3) is 0 Å². The smallest absolute Gasteiger partial charge is 0.291 e. The monoisotopic (exact) mass is 457 g/mol. The summed E-state index contributed by atoms with van der Waals surface area (Å²) in [6.07, 6.45) is 0. The summed E-state index contributed by atoms with van der Waals surface area (Å²) in [5.74, 6) is 0. The van der Waals surface area contributed by atoms with Gasteiger partial charge in [-0.05, 0) is 0 Å². The van der Waals surface area contributed by atoms with Crippen LogP contribution < -0.4 is 0 Å². The molecule has 0 saturated heterocycles. The van der Waals surface area contributed by atoms with E-state index in [1.807, 2.05) is 0 Å². The van der Waals surface area contributed by atoms with Crippen LogP contribution in [-0.2, 0) is 0 Å². The van der Waals surface area contributed by atoms with Gasteiger partial charge in [0, 0.05) is 39.9 Å². The maximum Gasteiger partial charge on any atom is 0.291 e. The predicted molar refractivity (Wildman–Crippen MR) is 41.3 cm³/mol. The second-order valence-corrected chi connectivity index (χ2v) is 0.238. The second kappa shape index (κ2) is 195. The molecule has 0 aromatic carbocycles. The van der Waals surface area contributed by atoms with Crippen LogP contribution in [0.5, 0.6) is 0 Å². The van der Waals surface area contributed by atoms with E-state index in [1.165, 1.54) is 0 Å². The maximum absolute atomic E-state index is 8.36. The molecule has 0 aromatic heterocycles. The Hall–Kier alpha value is 0.165. The zero-order valence-corrected chi connectivity index (χ0v) is 10.8. The SMILES string of the molecule is O.O.O.O.O.O.O.O.O.O=[N+]([O-])O.[Th]. The maximum atomic E-state index is 8.36. The van der Waals surface area contributed by atoms with Crippen LogP contribution in [0.4, 0.5) is 0 Å². The van der Waals surface area contributed by atoms with Crippen LogP contribution in [0.3, 0.4) is 0 Å². The summed E-state index contributed by atoms with van der Waals surface area (Å²) in [5.41, 5.74) is 0. The first kappa shape index (κ1) is 245. The van der Waals surface area contributed by atoms with E-state index in [4.69, 9.17) is 15.3 Å². The standard InChI is InChI=1S/HNO3.9H2O.Th/c2-1(3)4;;;;;;;;;;/h(H,2,3,4);9*1H2;. The third-order valence-electron chi connectivity index (χ3n) is 0. The Morgan fingerprint density at radius 3 is 0.714 bits per heavy atom. The minimum absolute atomic E-state index is 0. The number of rotatable bonds is 0. The van der Waals surface area contributed by atoms with Crippen LogP contribution in [0.2, 0.25) is 0 Å². The van der Waals surface area contributed by atoms with E-state index in [2.05, 4.69) is 0 Å². The van der Waals surface area contributed by atoms with Crippen molar-refractivity contribution in [1.29, 1.82) is 0 Å². The fourth-order valence-corrected chi connectivity index (χ4v) is 0. The van der Waals surface area contributed by atoms with Crippen molar-refractivity contribution in [2.45, 2.75) is 0 Å². The molecule has 14 heavy (non-hydrogen) atoms. The van der Waals surface area contributed by atoms with Gasteiger partial charge in [-0.3, -0.25) is 0 Å². The summed E-state index contributed by atoms with van der Waals surface area (Å²) in [5, 5.41) is 13.6. The molecule has 0 atom stereocenters. The van der Waals surface area contributed by atoms with E-state index < -0.39 is 5.09 Å². The molecule has 0 fully saturated rings. The molecule has 13 nitrogen and oxygen atoms in total. The van der Waals surface area contributed by atoms with E-state index >= 15 is 0 Å². The summed E-state index contributed by atoms with van der Waals surface area (Å²) >= 11 is 0. The Morgan fingerprint density at radius 2 is 0.714 bits per heavy atom. The summed E-state index contributed by atoms with van der Waals surface area (Å²) in [4.78, 5) is 8.36. The minimum Gasteiger partial charge on any atom is -0.412 e. The molecule has 0 amide bonds. The summed E-state index contributed by atoms with van der Waals surface area (Å²) in [6, 6.07) is 0. The Bertz CT molecular complexity index is 33.3. The van der Waals surface area contributed by atoms with E-state index in [1.54, 1.807) is 0 Å².